The summed E-state index contributed by atoms with van der Waals surface area (Å²) < 4.78 is 35.1. The van der Waals surface area contributed by atoms with Crippen molar-refractivity contribution in [1.82, 2.24) is 20.1 Å². The fraction of sp³-hybridized carbons (Fsp3) is 0.0870. The number of hydrogen-bond donors (Lipinski definition) is 2. The second kappa shape index (κ2) is 9.94. The number of halogens is 1. The summed E-state index contributed by atoms with van der Waals surface area (Å²) in [5.41, 5.74) is 2.12. The Kier molecular flexibility index (Phi) is 6.80. The summed E-state index contributed by atoms with van der Waals surface area (Å²) in [6, 6.07) is 17.8. The highest BCUT2D eigenvalue weighted by Gasteiger charge is 2.19. The van der Waals surface area contributed by atoms with Crippen molar-refractivity contribution < 1.29 is 17.9 Å². The highest BCUT2D eigenvalue weighted by Crippen LogP contribution is 2.30. The number of carbonyl (C=O) groups excluding carboxylic acids is 1. The number of ether oxygens (including phenoxy) is 1. The molecule has 0 saturated heterocycles. The van der Waals surface area contributed by atoms with Gasteiger partial charge in [-0.05, 0) is 54.1 Å². The van der Waals surface area contributed by atoms with Gasteiger partial charge in [-0.15, -0.1) is 0 Å². The van der Waals surface area contributed by atoms with Crippen molar-refractivity contribution >= 4 is 33.2 Å². The number of carbonyl (C=O) groups is 1. The molecule has 9 nitrogen and oxygen atoms in total. The number of methoxy groups -OCH3 is 1. The summed E-state index contributed by atoms with van der Waals surface area (Å²) >= 11 is 5.98. The zero-order valence-electron chi connectivity index (χ0n) is 18.0. The summed E-state index contributed by atoms with van der Waals surface area (Å²) in [6.07, 6.45) is 3.04. The van der Waals surface area contributed by atoms with Gasteiger partial charge in [-0.3, -0.25) is 9.52 Å². The Morgan fingerprint density at radius 1 is 1.09 bits per heavy atom. The molecule has 2 N–H and O–H groups in total. The fourth-order valence-electron chi connectivity index (χ4n) is 3.16. The monoisotopic (exact) mass is 497 g/mol. The predicted molar refractivity (Wildman–Crippen MR) is 128 cm³/mol. The van der Waals surface area contributed by atoms with Gasteiger partial charge in [0.05, 0.1) is 23.4 Å². The minimum absolute atomic E-state index is 0.0700. The van der Waals surface area contributed by atoms with E-state index in [0.717, 1.165) is 11.3 Å². The number of aromatic nitrogens is 3. The maximum absolute atomic E-state index is 12.9. The lowest BCUT2D eigenvalue weighted by molar-refractivity contribution is 0.0950. The molecule has 0 aliphatic rings. The van der Waals surface area contributed by atoms with Gasteiger partial charge in [0.1, 0.15) is 18.4 Å². The topological polar surface area (TPSA) is 115 Å². The molecule has 0 atom stereocenters. The van der Waals surface area contributed by atoms with Gasteiger partial charge < -0.3 is 10.1 Å². The molecule has 4 rings (SSSR count). The minimum Gasteiger partial charge on any atom is -0.495 e. The van der Waals surface area contributed by atoms with E-state index in [-0.39, 0.29) is 22.7 Å². The smallest absolute Gasteiger partial charge is 0.262 e. The molecule has 0 spiro atoms. The third kappa shape index (κ3) is 5.36. The average molecular weight is 498 g/mol. The number of anilines is 1. The van der Waals surface area contributed by atoms with E-state index in [1.807, 2.05) is 24.3 Å². The number of amides is 1. The standard InChI is InChI=1S/C23H20ClN5O4S/c1-33-22-10-7-18(24)12-21(22)28-34(31,32)20-4-2-3-17(11-20)23(30)26-13-16-5-8-19(9-6-16)29-15-25-14-27-29/h2-12,14-15,28H,13H2,1H3,(H,26,30). The van der Waals surface area contributed by atoms with E-state index in [1.165, 1.54) is 37.7 Å². The van der Waals surface area contributed by atoms with Crippen LogP contribution in [-0.2, 0) is 16.6 Å². The molecule has 1 aromatic heterocycles. The van der Waals surface area contributed by atoms with Crippen molar-refractivity contribution in [1.29, 1.82) is 0 Å². The van der Waals surface area contributed by atoms with Crippen LogP contribution >= 0.6 is 11.6 Å². The van der Waals surface area contributed by atoms with Crippen LogP contribution in [0.3, 0.4) is 0 Å². The third-order valence-corrected chi connectivity index (χ3v) is 6.48. The normalized spacial score (nSPS) is 11.1. The van der Waals surface area contributed by atoms with Crippen molar-refractivity contribution in [2.45, 2.75) is 11.4 Å². The zero-order valence-corrected chi connectivity index (χ0v) is 19.5. The van der Waals surface area contributed by atoms with Crippen LogP contribution in [0.2, 0.25) is 5.02 Å². The van der Waals surface area contributed by atoms with Crippen LogP contribution in [0.5, 0.6) is 5.75 Å². The Bertz CT molecular complexity index is 1410. The molecule has 0 saturated carbocycles. The van der Waals surface area contributed by atoms with Gasteiger partial charge in [0.25, 0.3) is 15.9 Å². The summed E-state index contributed by atoms with van der Waals surface area (Å²) in [4.78, 5) is 16.5. The first kappa shape index (κ1) is 23.3. The molecule has 0 aliphatic carbocycles. The quantitative estimate of drug-likeness (QED) is 0.384. The van der Waals surface area contributed by atoms with Gasteiger partial charge in [0.2, 0.25) is 0 Å². The average Bonchev–Trinajstić information content (AvgIpc) is 3.38. The molecule has 11 heteroatoms. The molecular formula is C23H20ClN5O4S. The van der Waals surface area contributed by atoms with Crippen molar-refractivity contribution in [3.63, 3.8) is 0 Å². The molecular weight excluding hydrogens is 478 g/mol. The van der Waals surface area contributed by atoms with E-state index < -0.39 is 15.9 Å². The molecule has 0 radical (unpaired) electrons. The second-order valence-corrected chi connectivity index (χ2v) is 9.29. The highest BCUT2D eigenvalue weighted by atomic mass is 35.5. The summed E-state index contributed by atoms with van der Waals surface area (Å²) in [5, 5.41) is 7.21. The molecule has 4 aromatic rings. The van der Waals surface area contributed by atoms with Crippen LogP contribution < -0.4 is 14.8 Å². The van der Waals surface area contributed by atoms with Crippen LogP contribution in [-0.4, -0.2) is 36.2 Å². The molecule has 0 aliphatic heterocycles. The number of hydrogen-bond acceptors (Lipinski definition) is 6. The number of rotatable bonds is 8. The molecule has 174 valence electrons. The first-order valence-electron chi connectivity index (χ1n) is 10.0. The van der Waals surface area contributed by atoms with Crippen molar-refractivity contribution in [2.24, 2.45) is 0 Å². The van der Waals surface area contributed by atoms with E-state index in [1.54, 1.807) is 29.2 Å². The summed E-state index contributed by atoms with van der Waals surface area (Å²) in [6.45, 7) is 0.269. The SMILES string of the molecule is COc1ccc(Cl)cc1NS(=O)(=O)c1cccc(C(=O)NCc2ccc(-n3cncn3)cc2)c1. The molecule has 3 aromatic carbocycles. The van der Waals surface area contributed by atoms with E-state index in [9.17, 15) is 13.2 Å². The van der Waals surface area contributed by atoms with Crippen molar-refractivity contribution in [3.05, 3.63) is 95.5 Å². The lowest BCUT2D eigenvalue weighted by Gasteiger charge is -2.13. The second-order valence-electron chi connectivity index (χ2n) is 7.17. The predicted octanol–water partition coefficient (Wildman–Crippen LogP) is 3.66. The fourth-order valence-corrected chi connectivity index (χ4v) is 4.44. The summed E-state index contributed by atoms with van der Waals surface area (Å²) in [5.74, 6) is -0.0885. The van der Waals surface area contributed by atoms with Gasteiger partial charge in [-0.2, -0.15) is 5.10 Å². The van der Waals surface area contributed by atoms with Crippen LogP contribution in [0.1, 0.15) is 15.9 Å². The van der Waals surface area contributed by atoms with Crippen LogP contribution in [0.25, 0.3) is 5.69 Å². The van der Waals surface area contributed by atoms with Crippen LogP contribution in [0.4, 0.5) is 5.69 Å². The van der Waals surface area contributed by atoms with Gasteiger partial charge in [-0.1, -0.05) is 29.8 Å². The van der Waals surface area contributed by atoms with Crippen LogP contribution in [0, 0.1) is 0 Å². The van der Waals surface area contributed by atoms with Gasteiger partial charge in [0.15, 0.2) is 0 Å². The Morgan fingerprint density at radius 3 is 2.59 bits per heavy atom. The molecule has 0 unspecified atom stereocenters. The molecule has 34 heavy (non-hydrogen) atoms. The molecule has 1 heterocycles. The summed E-state index contributed by atoms with van der Waals surface area (Å²) in [7, 11) is -2.57. The maximum atomic E-state index is 12.9. The number of nitrogens with one attached hydrogen (secondary N) is 2. The largest absolute Gasteiger partial charge is 0.495 e. The lowest BCUT2D eigenvalue weighted by Crippen LogP contribution is -2.23. The van der Waals surface area contributed by atoms with E-state index in [2.05, 4.69) is 20.1 Å². The van der Waals surface area contributed by atoms with E-state index in [4.69, 9.17) is 16.3 Å². The Balaban J connectivity index is 1.45. The van der Waals surface area contributed by atoms with Crippen molar-refractivity contribution in [2.75, 3.05) is 11.8 Å². The van der Waals surface area contributed by atoms with Crippen molar-refractivity contribution in [3.8, 4) is 11.4 Å². The number of sulfonamides is 1. The van der Waals surface area contributed by atoms with Gasteiger partial charge in [-0.25, -0.2) is 18.1 Å². The Morgan fingerprint density at radius 2 is 1.88 bits per heavy atom. The number of nitrogens with zero attached hydrogens (tertiary/aromatic N) is 3. The first-order valence-corrected chi connectivity index (χ1v) is 11.9. The number of benzene rings is 3. The maximum Gasteiger partial charge on any atom is 0.262 e. The minimum atomic E-state index is -3.99. The van der Waals surface area contributed by atoms with Gasteiger partial charge >= 0.3 is 0 Å². The van der Waals surface area contributed by atoms with E-state index in [0.29, 0.717) is 10.8 Å². The molecule has 0 fully saturated rings. The van der Waals surface area contributed by atoms with Crippen LogP contribution in [0.15, 0.2) is 84.3 Å². The molecule has 1 amide bonds. The molecule has 0 bridgehead atoms. The third-order valence-electron chi connectivity index (χ3n) is 4.89. The Hall–Kier alpha value is -3.89. The van der Waals surface area contributed by atoms with Gasteiger partial charge in [0, 0.05) is 17.1 Å². The zero-order chi connectivity index (χ0) is 24.1. The Labute approximate surface area is 201 Å². The first-order chi connectivity index (χ1) is 16.4. The van der Waals surface area contributed by atoms with E-state index >= 15 is 0 Å². The highest BCUT2D eigenvalue weighted by molar-refractivity contribution is 7.92. The lowest BCUT2D eigenvalue weighted by atomic mass is 10.2.